The molecule has 3 amide bonds. The molecule has 0 radical (unpaired) electrons. The van der Waals surface area contributed by atoms with E-state index >= 15 is 0 Å². The Morgan fingerprint density at radius 1 is 1.03 bits per heavy atom. The number of methoxy groups -OCH3 is 2. The lowest BCUT2D eigenvalue weighted by Gasteiger charge is -2.12. The van der Waals surface area contributed by atoms with Crippen LogP contribution in [0.15, 0.2) is 42.5 Å². The summed E-state index contributed by atoms with van der Waals surface area (Å²) in [5.74, 6) is 0.601. The maximum atomic E-state index is 12.3. The molecule has 0 spiro atoms. The molecule has 1 heterocycles. The van der Waals surface area contributed by atoms with E-state index in [4.69, 9.17) is 20.9 Å². The molecule has 6 N–H and O–H groups in total. The number of nitrogens with two attached hydrogens (primary N) is 2. The van der Waals surface area contributed by atoms with Gasteiger partial charge >= 0.3 is 6.03 Å². The predicted octanol–water partition coefficient (Wildman–Crippen LogP) is 2.43. The Morgan fingerprint density at radius 2 is 1.73 bits per heavy atom. The molecule has 156 valence electrons. The van der Waals surface area contributed by atoms with Gasteiger partial charge in [0.25, 0.3) is 5.91 Å². The van der Waals surface area contributed by atoms with Gasteiger partial charge in [0.05, 0.1) is 19.9 Å². The van der Waals surface area contributed by atoms with E-state index in [0.717, 1.165) is 0 Å². The van der Waals surface area contributed by atoms with Gasteiger partial charge in [-0.25, -0.2) is 4.79 Å². The molecular formula is C20H22N6O4. The molecule has 0 atom stereocenters. The maximum absolute atomic E-state index is 12.3. The van der Waals surface area contributed by atoms with E-state index in [1.54, 1.807) is 56.6 Å². The number of aryl methyl sites for hydroxylation is 1. The second kappa shape index (κ2) is 8.43. The van der Waals surface area contributed by atoms with Crippen LogP contribution >= 0.6 is 0 Å². The van der Waals surface area contributed by atoms with Gasteiger partial charge < -0.3 is 31.6 Å². The molecule has 0 bridgehead atoms. The van der Waals surface area contributed by atoms with Crippen molar-refractivity contribution in [3.8, 4) is 22.8 Å². The highest BCUT2D eigenvalue weighted by Gasteiger charge is 2.20. The second-order valence-electron chi connectivity index (χ2n) is 6.32. The zero-order valence-electron chi connectivity index (χ0n) is 16.7. The van der Waals surface area contributed by atoms with Gasteiger partial charge in [-0.1, -0.05) is 12.1 Å². The first kappa shape index (κ1) is 20.5. The summed E-state index contributed by atoms with van der Waals surface area (Å²) in [6, 6.07) is 11.4. The maximum Gasteiger partial charge on any atom is 0.323 e. The van der Waals surface area contributed by atoms with Crippen LogP contribution in [0.25, 0.3) is 11.3 Å². The number of carbonyl (C=O) groups excluding carboxylic acids is 2. The molecule has 3 aromatic rings. The van der Waals surface area contributed by atoms with Gasteiger partial charge in [-0.15, -0.1) is 0 Å². The number of primary amides is 1. The van der Waals surface area contributed by atoms with Crippen LogP contribution in [-0.4, -0.2) is 35.9 Å². The molecule has 1 aromatic heterocycles. The fourth-order valence-electron chi connectivity index (χ4n) is 2.88. The van der Waals surface area contributed by atoms with Crippen molar-refractivity contribution in [3.63, 3.8) is 0 Å². The smallest absolute Gasteiger partial charge is 0.323 e. The quantitative estimate of drug-likeness (QED) is 0.491. The SMILES string of the molecule is COc1ccc(NC(=O)Nc2ccc(-c3nn(C)c(N)c3C(N)=O)cc2)c(OC)c1. The van der Waals surface area contributed by atoms with Crippen molar-refractivity contribution in [3.05, 3.63) is 48.0 Å². The fourth-order valence-corrected chi connectivity index (χ4v) is 2.88. The third kappa shape index (κ3) is 4.12. The lowest BCUT2D eigenvalue weighted by atomic mass is 10.1. The number of hydrogen-bond donors (Lipinski definition) is 4. The molecule has 3 rings (SSSR count). The summed E-state index contributed by atoms with van der Waals surface area (Å²) in [7, 11) is 4.67. The van der Waals surface area contributed by atoms with E-state index in [-0.39, 0.29) is 11.4 Å². The van der Waals surface area contributed by atoms with Crippen molar-refractivity contribution >= 4 is 29.1 Å². The van der Waals surface area contributed by atoms with Crippen LogP contribution in [-0.2, 0) is 7.05 Å². The summed E-state index contributed by atoms with van der Waals surface area (Å²) in [5.41, 5.74) is 13.5. The van der Waals surface area contributed by atoms with E-state index in [9.17, 15) is 9.59 Å². The molecule has 0 saturated heterocycles. The zero-order chi connectivity index (χ0) is 21.8. The first-order chi connectivity index (χ1) is 14.3. The molecular weight excluding hydrogens is 388 g/mol. The van der Waals surface area contributed by atoms with E-state index in [2.05, 4.69) is 15.7 Å². The predicted molar refractivity (Wildman–Crippen MR) is 114 cm³/mol. The van der Waals surface area contributed by atoms with Gasteiger partial charge in [-0.3, -0.25) is 9.48 Å². The van der Waals surface area contributed by atoms with E-state index < -0.39 is 11.9 Å². The average molecular weight is 410 g/mol. The number of rotatable bonds is 6. The topological polar surface area (TPSA) is 147 Å². The van der Waals surface area contributed by atoms with Crippen molar-refractivity contribution < 1.29 is 19.1 Å². The first-order valence-corrected chi connectivity index (χ1v) is 8.86. The third-order valence-electron chi connectivity index (χ3n) is 4.41. The van der Waals surface area contributed by atoms with Crippen LogP contribution in [0.5, 0.6) is 11.5 Å². The lowest BCUT2D eigenvalue weighted by molar-refractivity contribution is 0.100. The number of anilines is 3. The van der Waals surface area contributed by atoms with Gasteiger partial charge in [0.15, 0.2) is 0 Å². The van der Waals surface area contributed by atoms with Gasteiger partial charge in [0, 0.05) is 24.4 Å². The van der Waals surface area contributed by atoms with Crippen molar-refractivity contribution in [2.75, 3.05) is 30.6 Å². The van der Waals surface area contributed by atoms with E-state index in [0.29, 0.717) is 34.1 Å². The summed E-state index contributed by atoms with van der Waals surface area (Å²) in [6.07, 6.45) is 0. The minimum atomic E-state index is -0.661. The molecule has 0 saturated carbocycles. The van der Waals surface area contributed by atoms with Gasteiger partial charge in [-0.2, -0.15) is 5.10 Å². The highest BCUT2D eigenvalue weighted by atomic mass is 16.5. The van der Waals surface area contributed by atoms with Crippen molar-refractivity contribution in [1.29, 1.82) is 0 Å². The molecule has 10 heteroatoms. The fraction of sp³-hybridized carbons (Fsp3) is 0.150. The molecule has 0 aliphatic carbocycles. The largest absolute Gasteiger partial charge is 0.497 e. The standard InChI is InChI=1S/C20H22N6O4/c1-26-18(21)16(19(22)27)17(25-26)11-4-6-12(7-5-11)23-20(28)24-14-9-8-13(29-2)10-15(14)30-3/h4-10H,21H2,1-3H3,(H2,22,27)(H2,23,24,28). The minimum Gasteiger partial charge on any atom is -0.497 e. The average Bonchev–Trinajstić information content (AvgIpc) is 3.03. The van der Waals surface area contributed by atoms with Crippen molar-refractivity contribution in [2.45, 2.75) is 0 Å². The lowest BCUT2D eigenvalue weighted by Crippen LogP contribution is -2.19. The highest BCUT2D eigenvalue weighted by molar-refractivity contribution is 6.04. The summed E-state index contributed by atoms with van der Waals surface area (Å²) >= 11 is 0. The molecule has 0 aliphatic heterocycles. The zero-order valence-corrected chi connectivity index (χ0v) is 16.7. The Hall–Kier alpha value is -4.21. The number of amides is 3. The van der Waals surface area contributed by atoms with Gasteiger partial charge in [0.1, 0.15) is 28.6 Å². The van der Waals surface area contributed by atoms with Crippen LogP contribution in [0.1, 0.15) is 10.4 Å². The Kier molecular flexibility index (Phi) is 5.77. The number of benzene rings is 2. The summed E-state index contributed by atoms with van der Waals surface area (Å²) in [4.78, 5) is 24.1. The number of carbonyl (C=O) groups is 2. The number of ether oxygens (including phenoxy) is 2. The second-order valence-corrected chi connectivity index (χ2v) is 6.32. The minimum absolute atomic E-state index is 0.155. The molecule has 10 nitrogen and oxygen atoms in total. The molecule has 0 fully saturated rings. The number of urea groups is 1. The van der Waals surface area contributed by atoms with Gasteiger partial charge in [-0.05, 0) is 24.3 Å². The Balaban J connectivity index is 1.75. The molecule has 2 aromatic carbocycles. The Labute approximate surface area is 172 Å². The van der Waals surface area contributed by atoms with E-state index in [1.165, 1.54) is 11.8 Å². The Bertz CT molecular complexity index is 1090. The first-order valence-electron chi connectivity index (χ1n) is 8.86. The monoisotopic (exact) mass is 410 g/mol. The summed E-state index contributed by atoms with van der Waals surface area (Å²) in [6.45, 7) is 0. The van der Waals surface area contributed by atoms with Crippen LogP contribution < -0.4 is 31.6 Å². The van der Waals surface area contributed by atoms with E-state index in [1.807, 2.05) is 0 Å². The molecule has 0 unspecified atom stereocenters. The van der Waals surface area contributed by atoms with Crippen LogP contribution in [0.2, 0.25) is 0 Å². The number of nitrogens with zero attached hydrogens (tertiary/aromatic N) is 2. The van der Waals surface area contributed by atoms with Crippen LogP contribution in [0.4, 0.5) is 22.0 Å². The number of hydrogen-bond acceptors (Lipinski definition) is 6. The number of aromatic nitrogens is 2. The van der Waals surface area contributed by atoms with Crippen molar-refractivity contribution in [1.82, 2.24) is 9.78 Å². The Morgan fingerprint density at radius 3 is 2.33 bits per heavy atom. The normalized spacial score (nSPS) is 10.4. The third-order valence-corrected chi connectivity index (χ3v) is 4.41. The summed E-state index contributed by atoms with van der Waals surface area (Å²) < 4.78 is 11.8. The van der Waals surface area contributed by atoms with Crippen molar-refractivity contribution in [2.24, 2.45) is 12.8 Å². The molecule has 0 aliphatic rings. The number of nitrogens with one attached hydrogen (secondary N) is 2. The van der Waals surface area contributed by atoms with Crippen LogP contribution in [0, 0.1) is 0 Å². The highest BCUT2D eigenvalue weighted by Crippen LogP contribution is 2.30. The van der Waals surface area contributed by atoms with Crippen LogP contribution in [0.3, 0.4) is 0 Å². The van der Waals surface area contributed by atoms with Gasteiger partial charge in [0.2, 0.25) is 0 Å². The summed E-state index contributed by atoms with van der Waals surface area (Å²) in [5, 5.41) is 9.69. The molecule has 30 heavy (non-hydrogen) atoms. The number of nitrogen functional groups attached to an aromatic ring is 1.